The number of benzene rings is 1. The topological polar surface area (TPSA) is 81.2 Å². The second-order valence-electron chi connectivity index (χ2n) is 8.28. The van der Waals surface area contributed by atoms with Gasteiger partial charge in [-0.2, -0.15) is 0 Å². The molecule has 3 aromatic rings. The number of ketones is 2. The van der Waals surface area contributed by atoms with Crippen LogP contribution in [0.3, 0.4) is 0 Å². The van der Waals surface area contributed by atoms with Crippen molar-refractivity contribution in [3.05, 3.63) is 81.4 Å². The maximum Gasteiger partial charge on any atom is 0.355 e. The molecule has 0 radical (unpaired) electrons. The Morgan fingerprint density at radius 3 is 2.59 bits per heavy atom. The van der Waals surface area contributed by atoms with Gasteiger partial charge in [0.25, 0.3) is 0 Å². The zero-order valence-corrected chi connectivity index (χ0v) is 18.8. The third-order valence-corrected chi connectivity index (χ3v) is 6.11. The molecule has 0 saturated heterocycles. The van der Waals surface area contributed by atoms with Gasteiger partial charge < -0.3 is 14.3 Å². The number of esters is 1. The number of H-pyrrole nitrogens is 1. The van der Waals surface area contributed by atoms with Gasteiger partial charge in [-0.15, -0.1) is 0 Å². The quantitative estimate of drug-likeness (QED) is 0.435. The van der Waals surface area contributed by atoms with E-state index in [0.29, 0.717) is 41.9 Å². The molecule has 1 aliphatic carbocycles. The average molecular weight is 433 g/mol. The highest BCUT2D eigenvalue weighted by molar-refractivity contribution is 6.01. The summed E-state index contributed by atoms with van der Waals surface area (Å²) in [5, 5.41) is 0. The molecule has 0 aliphatic heterocycles. The summed E-state index contributed by atoms with van der Waals surface area (Å²) in [7, 11) is 0. The summed E-state index contributed by atoms with van der Waals surface area (Å²) < 4.78 is 7.36. The van der Waals surface area contributed by atoms with E-state index in [0.717, 1.165) is 35.4 Å². The van der Waals surface area contributed by atoms with Crippen LogP contribution in [-0.4, -0.2) is 33.7 Å². The van der Waals surface area contributed by atoms with E-state index in [1.807, 2.05) is 24.3 Å². The van der Waals surface area contributed by atoms with E-state index in [1.54, 1.807) is 13.8 Å². The third-order valence-electron chi connectivity index (χ3n) is 6.11. The highest BCUT2D eigenvalue weighted by Gasteiger charge is 2.27. The van der Waals surface area contributed by atoms with Crippen LogP contribution in [0.2, 0.25) is 0 Å². The Hall–Kier alpha value is -3.41. The van der Waals surface area contributed by atoms with Crippen molar-refractivity contribution in [1.82, 2.24) is 9.55 Å². The molecular weight excluding hydrogens is 404 g/mol. The van der Waals surface area contributed by atoms with Crippen molar-refractivity contribution in [1.29, 1.82) is 0 Å². The van der Waals surface area contributed by atoms with Gasteiger partial charge in [-0.05, 0) is 50.8 Å². The van der Waals surface area contributed by atoms with Crippen LogP contribution in [-0.2, 0) is 24.1 Å². The second-order valence-corrected chi connectivity index (χ2v) is 8.28. The fourth-order valence-corrected chi connectivity index (χ4v) is 4.67. The van der Waals surface area contributed by atoms with E-state index in [1.165, 1.54) is 6.92 Å². The fraction of sp³-hybridized carbons (Fsp3) is 0.346. The minimum absolute atomic E-state index is 0.105. The number of hydrogen-bond donors (Lipinski definition) is 1. The molecule has 4 rings (SSSR count). The SMILES string of the molecule is CCOC(=O)c1[nH]c(Cc2cc3c(n2Cc2ccccc2)CCCC3=O)c(C(C)=O)c1C. The van der Waals surface area contributed by atoms with E-state index in [2.05, 4.69) is 21.7 Å². The second kappa shape index (κ2) is 8.99. The highest BCUT2D eigenvalue weighted by atomic mass is 16.5. The zero-order chi connectivity index (χ0) is 22.8. The zero-order valence-electron chi connectivity index (χ0n) is 18.8. The number of hydrogen-bond acceptors (Lipinski definition) is 4. The van der Waals surface area contributed by atoms with Gasteiger partial charge in [-0.1, -0.05) is 30.3 Å². The fourth-order valence-electron chi connectivity index (χ4n) is 4.67. The molecule has 6 nitrogen and oxygen atoms in total. The van der Waals surface area contributed by atoms with Crippen molar-refractivity contribution < 1.29 is 19.1 Å². The molecule has 1 N–H and O–H groups in total. The Labute approximate surface area is 187 Å². The molecule has 2 heterocycles. The number of aromatic amines is 1. The number of nitrogens with zero attached hydrogens (tertiary/aromatic N) is 1. The summed E-state index contributed by atoms with van der Waals surface area (Å²) in [6, 6.07) is 12.1. The molecule has 0 fully saturated rings. The number of Topliss-reactive ketones (excluding diaryl/α,β-unsaturated/α-hetero) is 2. The van der Waals surface area contributed by atoms with Gasteiger partial charge in [-0.3, -0.25) is 9.59 Å². The molecule has 6 heteroatoms. The first kappa shape index (κ1) is 21.8. The highest BCUT2D eigenvalue weighted by Crippen LogP contribution is 2.29. The van der Waals surface area contributed by atoms with Crippen LogP contribution in [0.25, 0.3) is 0 Å². The normalized spacial score (nSPS) is 13.2. The van der Waals surface area contributed by atoms with Crippen molar-refractivity contribution in [3.8, 4) is 0 Å². The molecule has 0 amide bonds. The number of fused-ring (bicyclic) bond motifs is 1. The van der Waals surface area contributed by atoms with Gasteiger partial charge in [-0.25, -0.2) is 4.79 Å². The third kappa shape index (κ3) is 4.05. The van der Waals surface area contributed by atoms with Crippen molar-refractivity contribution in [3.63, 3.8) is 0 Å². The van der Waals surface area contributed by atoms with Crippen molar-refractivity contribution in [2.45, 2.75) is 53.0 Å². The van der Waals surface area contributed by atoms with Crippen molar-refractivity contribution >= 4 is 17.5 Å². The van der Waals surface area contributed by atoms with Crippen LogP contribution in [0.1, 0.15) is 86.1 Å². The van der Waals surface area contributed by atoms with Gasteiger partial charge in [0, 0.05) is 47.6 Å². The number of rotatable bonds is 7. The molecule has 0 saturated carbocycles. The van der Waals surface area contributed by atoms with Crippen LogP contribution >= 0.6 is 0 Å². The standard InChI is InChI=1S/C26H28N2O4/c1-4-32-26(31)25-16(2)24(17(3)29)21(27-25)14-19-13-20-22(11-8-12-23(20)30)28(19)15-18-9-6-5-7-10-18/h5-7,9-10,13,27H,4,8,11-12,14-15H2,1-3H3. The lowest BCUT2D eigenvalue weighted by Crippen LogP contribution is -2.15. The molecule has 2 aromatic heterocycles. The summed E-state index contributed by atoms with van der Waals surface area (Å²) in [6.07, 6.45) is 2.68. The van der Waals surface area contributed by atoms with Crippen molar-refractivity contribution in [2.75, 3.05) is 6.61 Å². The van der Waals surface area contributed by atoms with Gasteiger partial charge in [0.1, 0.15) is 5.69 Å². The predicted molar refractivity (Wildman–Crippen MR) is 122 cm³/mol. The number of nitrogens with one attached hydrogen (secondary N) is 1. The Balaban J connectivity index is 1.79. The molecule has 1 aromatic carbocycles. The largest absolute Gasteiger partial charge is 0.461 e. The van der Waals surface area contributed by atoms with Crippen LogP contribution in [0.15, 0.2) is 36.4 Å². The molecular formula is C26H28N2O4. The minimum Gasteiger partial charge on any atom is -0.461 e. The van der Waals surface area contributed by atoms with E-state index in [9.17, 15) is 14.4 Å². The summed E-state index contributed by atoms with van der Waals surface area (Å²) in [4.78, 5) is 40.6. The van der Waals surface area contributed by atoms with Gasteiger partial charge in [0.2, 0.25) is 0 Å². The summed E-state index contributed by atoms with van der Waals surface area (Å²) in [5.41, 5.74) is 6.04. The van der Waals surface area contributed by atoms with E-state index in [4.69, 9.17) is 4.74 Å². The Kier molecular flexibility index (Phi) is 6.12. The first-order valence-corrected chi connectivity index (χ1v) is 11.1. The minimum atomic E-state index is -0.465. The molecule has 0 bridgehead atoms. The first-order chi connectivity index (χ1) is 15.4. The number of ether oxygens (including phenoxy) is 1. The van der Waals surface area contributed by atoms with E-state index in [-0.39, 0.29) is 18.2 Å². The maximum atomic E-state index is 12.6. The Morgan fingerprint density at radius 2 is 1.91 bits per heavy atom. The maximum absolute atomic E-state index is 12.6. The Morgan fingerprint density at radius 1 is 1.16 bits per heavy atom. The van der Waals surface area contributed by atoms with Crippen LogP contribution in [0.5, 0.6) is 0 Å². The van der Waals surface area contributed by atoms with Crippen LogP contribution in [0, 0.1) is 6.92 Å². The Bertz CT molecular complexity index is 1180. The van der Waals surface area contributed by atoms with Crippen molar-refractivity contribution in [2.24, 2.45) is 0 Å². The molecule has 0 unspecified atom stereocenters. The van der Waals surface area contributed by atoms with Gasteiger partial charge in [0.05, 0.1) is 6.61 Å². The molecule has 32 heavy (non-hydrogen) atoms. The molecule has 1 aliphatic rings. The first-order valence-electron chi connectivity index (χ1n) is 11.1. The van der Waals surface area contributed by atoms with Gasteiger partial charge in [0.15, 0.2) is 11.6 Å². The average Bonchev–Trinajstić information content (AvgIpc) is 3.28. The predicted octanol–water partition coefficient (Wildman–Crippen LogP) is 4.66. The summed E-state index contributed by atoms with van der Waals surface area (Å²) >= 11 is 0. The lowest BCUT2D eigenvalue weighted by Gasteiger charge is -2.17. The molecule has 166 valence electrons. The number of carbonyl (C=O) groups excluding carboxylic acids is 3. The number of carbonyl (C=O) groups is 3. The lowest BCUT2D eigenvalue weighted by molar-refractivity contribution is 0.0519. The van der Waals surface area contributed by atoms with E-state index < -0.39 is 5.97 Å². The summed E-state index contributed by atoms with van der Waals surface area (Å²) in [5.74, 6) is -0.403. The van der Waals surface area contributed by atoms with Gasteiger partial charge >= 0.3 is 5.97 Å². The van der Waals surface area contributed by atoms with Crippen LogP contribution < -0.4 is 0 Å². The monoisotopic (exact) mass is 432 g/mol. The smallest absolute Gasteiger partial charge is 0.355 e. The van der Waals surface area contributed by atoms with Crippen LogP contribution in [0.4, 0.5) is 0 Å². The summed E-state index contributed by atoms with van der Waals surface area (Å²) in [6.45, 7) is 5.93. The number of aromatic nitrogens is 2. The van der Waals surface area contributed by atoms with E-state index >= 15 is 0 Å². The molecule has 0 atom stereocenters. The molecule has 0 spiro atoms. The lowest BCUT2D eigenvalue weighted by atomic mass is 9.96.